The highest BCUT2D eigenvalue weighted by Crippen LogP contribution is 2.32. The Morgan fingerprint density at radius 2 is 2.05 bits per heavy atom. The number of anilines is 1. The summed E-state index contributed by atoms with van der Waals surface area (Å²) >= 11 is 0. The van der Waals surface area contributed by atoms with Crippen LogP contribution in [0.1, 0.15) is 42.1 Å². The van der Waals surface area contributed by atoms with Gasteiger partial charge in [-0.15, -0.1) is 0 Å². The lowest BCUT2D eigenvalue weighted by Gasteiger charge is -2.16. The second kappa shape index (κ2) is 5.93. The molecule has 1 saturated carbocycles. The van der Waals surface area contributed by atoms with Crippen molar-refractivity contribution >= 4 is 11.6 Å². The van der Waals surface area contributed by atoms with Crippen LogP contribution in [0.2, 0.25) is 0 Å². The molecule has 0 bridgehead atoms. The van der Waals surface area contributed by atoms with Crippen molar-refractivity contribution in [3.63, 3.8) is 0 Å². The zero-order valence-corrected chi connectivity index (χ0v) is 11.6. The average molecular weight is 301 g/mol. The predicted molar refractivity (Wildman–Crippen MR) is 73.5 cm³/mol. The number of nitrogen functional groups attached to an aromatic ring is 1. The quantitative estimate of drug-likeness (QED) is 0.594. The molecule has 0 spiro atoms. The minimum absolute atomic E-state index is 0.00710. The normalized spacial score (nSPS) is 22.1. The zero-order valence-electron chi connectivity index (χ0n) is 11.6. The molecule has 2 atom stereocenters. The van der Waals surface area contributed by atoms with E-state index in [4.69, 9.17) is 5.84 Å². The molecule has 1 aromatic rings. The fourth-order valence-corrected chi connectivity index (χ4v) is 2.64. The highest BCUT2D eigenvalue weighted by atomic mass is 19.4. The van der Waals surface area contributed by atoms with E-state index in [2.05, 4.69) is 17.7 Å². The van der Waals surface area contributed by atoms with Gasteiger partial charge in [0, 0.05) is 6.04 Å². The van der Waals surface area contributed by atoms with Crippen molar-refractivity contribution in [2.24, 2.45) is 11.8 Å². The van der Waals surface area contributed by atoms with Crippen LogP contribution in [-0.4, -0.2) is 11.9 Å². The lowest BCUT2D eigenvalue weighted by atomic mass is 10.1. The topological polar surface area (TPSA) is 67.2 Å². The maximum absolute atomic E-state index is 12.7. The van der Waals surface area contributed by atoms with E-state index in [0.717, 1.165) is 37.5 Å². The summed E-state index contributed by atoms with van der Waals surface area (Å²) in [5.74, 6) is 5.25. The first kappa shape index (κ1) is 15.6. The fourth-order valence-electron chi connectivity index (χ4n) is 2.64. The van der Waals surface area contributed by atoms with Crippen LogP contribution in [0.25, 0.3) is 0 Å². The van der Waals surface area contributed by atoms with Gasteiger partial charge in [0.1, 0.15) is 0 Å². The maximum atomic E-state index is 12.7. The highest BCUT2D eigenvalue weighted by molar-refractivity contribution is 6.00. The van der Waals surface area contributed by atoms with Crippen molar-refractivity contribution in [2.45, 2.75) is 38.4 Å². The van der Waals surface area contributed by atoms with Crippen molar-refractivity contribution in [2.75, 3.05) is 5.43 Å². The van der Waals surface area contributed by atoms with Crippen LogP contribution in [-0.2, 0) is 6.18 Å². The van der Waals surface area contributed by atoms with Crippen LogP contribution in [0.4, 0.5) is 18.9 Å². The standard InChI is InChI=1S/C14H18F3N3O/c1-8-2-4-10(6-8)19-13(21)11-7-9(14(15,16)17)3-5-12(11)20-18/h3,5,7-8,10,20H,2,4,6,18H2,1H3,(H,19,21). The van der Waals surface area contributed by atoms with Crippen molar-refractivity contribution in [3.8, 4) is 0 Å². The molecule has 0 heterocycles. The molecule has 0 radical (unpaired) electrons. The van der Waals surface area contributed by atoms with Gasteiger partial charge in [0.15, 0.2) is 0 Å². The van der Waals surface area contributed by atoms with Gasteiger partial charge in [-0.1, -0.05) is 6.92 Å². The number of amides is 1. The lowest BCUT2D eigenvalue weighted by molar-refractivity contribution is -0.137. The van der Waals surface area contributed by atoms with Gasteiger partial charge in [-0.3, -0.25) is 10.6 Å². The third-order valence-electron chi connectivity index (χ3n) is 3.78. The molecule has 1 aliphatic rings. The van der Waals surface area contributed by atoms with E-state index in [-0.39, 0.29) is 17.3 Å². The van der Waals surface area contributed by atoms with Gasteiger partial charge in [0.25, 0.3) is 5.91 Å². The summed E-state index contributed by atoms with van der Waals surface area (Å²) in [5.41, 5.74) is 1.47. The summed E-state index contributed by atoms with van der Waals surface area (Å²) in [7, 11) is 0. The molecule has 4 nitrogen and oxygen atoms in total. The Labute approximate surface area is 120 Å². The van der Waals surface area contributed by atoms with Gasteiger partial charge < -0.3 is 10.7 Å². The van der Waals surface area contributed by atoms with Crippen molar-refractivity contribution in [1.29, 1.82) is 0 Å². The molecule has 116 valence electrons. The van der Waals surface area contributed by atoms with Gasteiger partial charge in [0.05, 0.1) is 16.8 Å². The van der Waals surface area contributed by atoms with Gasteiger partial charge in [-0.05, 0) is 43.4 Å². The second-order valence-electron chi connectivity index (χ2n) is 5.49. The van der Waals surface area contributed by atoms with Crippen LogP contribution < -0.4 is 16.6 Å². The summed E-state index contributed by atoms with van der Waals surface area (Å²) in [6.07, 6.45) is -1.80. The van der Waals surface area contributed by atoms with Gasteiger partial charge >= 0.3 is 6.18 Å². The Morgan fingerprint density at radius 1 is 1.33 bits per heavy atom. The molecule has 2 unspecified atom stereocenters. The van der Waals surface area contributed by atoms with Crippen LogP contribution in [0.3, 0.4) is 0 Å². The number of alkyl halides is 3. The minimum atomic E-state index is -4.50. The summed E-state index contributed by atoms with van der Waals surface area (Å²) in [6, 6.07) is 2.88. The number of rotatable bonds is 3. The average Bonchev–Trinajstić information content (AvgIpc) is 2.82. The molecule has 2 rings (SSSR count). The molecule has 1 aromatic carbocycles. The monoisotopic (exact) mass is 301 g/mol. The van der Waals surface area contributed by atoms with E-state index < -0.39 is 17.6 Å². The molecule has 1 amide bonds. The van der Waals surface area contributed by atoms with Crippen molar-refractivity contribution in [3.05, 3.63) is 29.3 Å². The number of hydrogen-bond acceptors (Lipinski definition) is 3. The molecule has 0 aromatic heterocycles. The first-order valence-electron chi connectivity index (χ1n) is 6.80. The van der Waals surface area contributed by atoms with Gasteiger partial charge in [0.2, 0.25) is 0 Å². The number of benzene rings is 1. The fraction of sp³-hybridized carbons (Fsp3) is 0.500. The highest BCUT2D eigenvalue weighted by Gasteiger charge is 2.32. The molecule has 0 aliphatic heterocycles. The van der Waals surface area contributed by atoms with Crippen LogP contribution >= 0.6 is 0 Å². The van der Waals surface area contributed by atoms with E-state index in [1.807, 2.05) is 0 Å². The summed E-state index contributed by atoms with van der Waals surface area (Å²) < 4.78 is 38.2. The third kappa shape index (κ3) is 3.66. The number of carbonyl (C=O) groups is 1. The minimum Gasteiger partial charge on any atom is -0.349 e. The molecule has 21 heavy (non-hydrogen) atoms. The molecular formula is C14H18F3N3O. The molecule has 1 fully saturated rings. The number of carbonyl (C=O) groups excluding carboxylic acids is 1. The van der Waals surface area contributed by atoms with Crippen LogP contribution in [0, 0.1) is 5.92 Å². The Bertz CT molecular complexity index is 531. The third-order valence-corrected chi connectivity index (χ3v) is 3.78. The van der Waals surface area contributed by atoms with Crippen LogP contribution in [0.5, 0.6) is 0 Å². The number of halogens is 3. The van der Waals surface area contributed by atoms with E-state index in [0.29, 0.717) is 5.92 Å². The second-order valence-corrected chi connectivity index (χ2v) is 5.49. The lowest BCUT2D eigenvalue weighted by Crippen LogP contribution is -2.33. The molecule has 7 heteroatoms. The van der Waals surface area contributed by atoms with Crippen LogP contribution in [0.15, 0.2) is 18.2 Å². The van der Waals surface area contributed by atoms with Crippen molar-refractivity contribution < 1.29 is 18.0 Å². The van der Waals surface area contributed by atoms with E-state index in [1.165, 1.54) is 0 Å². The molecule has 0 saturated heterocycles. The summed E-state index contributed by atoms with van der Waals surface area (Å²) in [6.45, 7) is 2.09. The first-order valence-corrected chi connectivity index (χ1v) is 6.80. The predicted octanol–water partition coefficient (Wildman–Crippen LogP) is 2.91. The Morgan fingerprint density at radius 3 is 2.57 bits per heavy atom. The first-order chi connectivity index (χ1) is 9.81. The maximum Gasteiger partial charge on any atom is 0.416 e. The SMILES string of the molecule is CC1CCC(NC(=O)c2cc(C(F)(F)F)ccc2NN)C1. The number of nitrogens with one attached hydrogen (secondary N) is 2. The zero-order chi connectivity index (χ0) is 15.6. The van der Waals surface area contributed by atoms with E-state index in [1.54, 1.807) is 0 Å². The Kier molecular flexibility index (Phi) is 4.41. The molecule has 4 N–H and O–H groups in total. The summed E-state index contributed by atoms with van der Waals surface area (Å²) in [5, 5.41) is 2.78. The Balaban J connectivity index is 2.22. The van der Waals surface area contributed by atoms with E-state index >= 15 is 0 Å². The van der Waals surface area contributed by atoms with Crippen molar-refractivity contribution in [1.82, 2.24) is 5.32 Å². The van der Waals surface area contributed by atoms with Gasteiger partial charge in [-0.2, -0.15) is 13.2 Å². The number of hydrazine groups is 1. The molecule has 1 aliphatic carbocycles. The Hall–Kier alpha value is -1.76. The van der Waals surface area contributed by atoms with E-state index in [9.17, 15) is 18.0 Å². The summed E-state index contributed by atoms with van der Waals surface area (Å²) in [4.78, 5) is 12.2. The van der Waals surface area contributed by atoms with Gasteiger partial charge in [-0.25, -0.2) is 0 Å². The molecular weight excluding hydrogens is 283 g/mol. The number of hydrogen-bond donors (Lipinski definition) is 3. The smallest absolute Gasteiger partial charge is 0.349 e. The largest absolute Gasteiger partial charge is 0.416 e. The number of nitrogens with two attached hydrogens (primary N) is 1.